The molecular weight excluding hydrogens is 181 g/mol. The molecule has 1 saturated heterocycles. The molecule has 2 unspecified atom stereocenters. The number of ether oxygens (including phenoxy) is 1. The van der Waals surface area contributed by atoms with Gasteiger partial charge in [0.05, 0.1) is 6.61 Å². The van der Waals surface area contributed by atoms with Crippen LogP contribution in [0.1, 0.15) is 12.5 Å². The molecule has 1 aliphatic heterocycles. The summed E-state index contributed by atoms with van der Waals surface area (Å²) in [4.78, 5) is 0. The summed E-state index contributed by atoms with van der Waals surface area (Å²) in [6, 6.07) is 10.2. The lowest BCUT2D eigenvalue weighted by atomic mass is 10.1. The van der Waals surface area contributed by atoms with Crippen LogP contribution in [0, 0.1) is 0 Å². The average molecular weight is 195 g/mol. The second-order valence-corrected chi connectivity index (χ2v) is 4.27. The average Bonchev–Trinajstić information content (AvgIpc) is 2.49. The normalized spacial score (nSPS) is 33.5. The van der Waals surface area contributed by atoms with Crippen molar-refractivity contribution < 1.29 is 4.74 Å². The first-order valence-corrected chi connectivity index (χ1v) is 5.10. The Morgan fingerprint density at radius 2 is 2.15 bits per heavy atom. The van der Waals surface area contributed by atoms with Gasteiger partial charge >= 0.3 is 0 Å². The van der Waals surface area contributed by atoms with Crippen LogP contribution in [-0.2, 0) is 10.5 Å². The van der Waals surface area contributed by atoms with E-state index in [-0.39, 0.29) is 5.72 Å². The molecule has 0 amide bonds. The predicted octanol–water partition coefficient (Wildman–Crippen LogP) is 1.68. The van der Waals surface area contributed by atoms with Crippen LogP contribution in [0.2, 0.25) is 0 Å². The van der Waals surface area contributed by atoms with E-state index in [9.17, 15) is 0 Å². The van der Waals surface area contributed by atoms with Crippen LogP contribution < -0.4 is 5.32 Å². The van der Waals surface area contributed by atoms with Gasteiger partial charge in [-0.05, 0) is 12.5 Å². The van der Waals surface area contributed by atoms with E-state index in [0.717, 1.165) is 6.61 Å². The highest BCUT2D eigenvalue weighted by Crippen LogP contribution is 2.28. The molecule has 70 valence electrons. The molecule has 13 heavy (non-hydrogen) atoms. The zero-order valence-corrected chi connectivity index (χ0v) is 8.81. The highest BCUT2D eigenvalue weighted by molar-refractivity contribution is 7.17. The molecule has 0 aliphatic carbocycles. The lowest BCUT2D eigenvalue weighted by Gasteiger charge is -2.24. The van der Waals surface area contributed by atoms with E-state index in [1.54, 1.807) is 0 Å². The fourth-order valence-corrected chi connectivity index (χ4v) is 2.03. The molecule has 3 atom stereocenters. The summed E-state index contributed by atoms with van der Waals surface area (Å²) < 4.78 is 5.71. The van der Waals surface area contributed by atoms with Gasteiger partial charge in [-0.2, -0.15) is 0 Å². The molecule has 1 fully saturated rings. The molecule has 0 radical (unpaired) electrons. The Hall–Kier alpha value is -0.430. The standard InChI is InChI=1S/C10H14NOP/c1-10(11-9(13)7-12-10)8-5-3-2-4-6-8/h2-6,9,11H,7,13H2,1H3/t9-,10?/m0/s1. The molecule has 3 heteroatoms. The van der Waals surface area contributed by atoms with Crippen molar-refractivity contribution in [1.82, 2.24) is 5.32 Å². The number of rotatable bonds is 1. The van der Waals surface area contributed by atoms with Crippen molar-refractivity contribution >= 4 is 9.24 Å². The molecular formula is C10H14NOP. The summed E-state index contributed by atoms with van der Waals surface area (Å²) >= 11 is 0. The summed E-state index contributed by atoms with van der Waals surface area (Å²) in [6.07, 6.45) is 0. The second kappa shape index (κ2) is 3.38. The van der Waals surface area contributed by atoms with Crippen LogP contribution in [0.5, 0.6) is 0 Å². The Bertz CT molecular complexity index is 290. The summed E-state index contributed by atoms with van der Waals surface area (Å²) in [5.41, 5.74) is 0.869. The maximum absolute atomic E-state index is 5.71. The molecule has 1 aromatic carbocycles. The Kier molecular flexibility index (Phi) is 2.37. The van der Waals surface area contributed by atoms with Gasteiger partial charge < -0.3 is 4.74 Å². The van der Waals surface area contributed by atoms with Gasteiger partial charge in [0, 0.05) is 5.78 Å². The van der Waals surface area contributed by atoms with Crippen molar-refractivity contribution in [3.05, 3.63) is 35.9 Å². The van der Waals surface area contributed by atoms with Crippen LogP contribution in [-0.4, -0.2) is 12.4 Å². The number of hydrogen-bond donors (Lipinski definition) is 1. The van der Waals surface area contributed by atoms with Crippen LogP contribution in [0.3, 0.4) is 0 Å². The van der Waals surface area contributed by atoms with E-state index in [0.29, 0.717) is 5.78 Å². The monoisotopic (exact) mass is 195 g/mol. The molecule has 0 saturated carbocycles. The molecule has 0 aromatic heterocycles. The maximum Gasteiger partial charge on any atom is 0.143 e. The largest absolute Gasteiger partial charge is 0.355 e. The molecule has 2 nitrogen and oxygen atoms in total. The van der Waals surface area contributed by atoms with Crippen molar-refractivity contribution in [2.75, 3.05) is 6.61 Å². The highest BCUT2D eigenvalue weighted by Gasteiger charge is 2.34. The Labute approximate surface area is 80.9 Å². The fourth-order valence-electron chi connectivity index (χ4n) is 1.62. The van der Waals surface area contributed by atoms with Gasteiger partial charge in [0.2, 0.25) is 0 Å². The molecule has 0 bridgehead atoms. The van der Waals surface area contributed by atoms with E-state index in [1.165, 1.54) is 5.56 Å². The van der Waals surface area contributed by atoms with E-state index in [4.69, 9.17) is 4.74 Å². The molecule has 1 N–H and O–H groups in total. The predicted molar refractivity (Wildman–Crippen MR) is 56.4 cm³/mol. The van der Waals surface area contributed by atoms with Gasteiger partial charge in [-0.15, -0.1) is 9.24 Å². The first-order valence-electron chi connectivity index (χ1n) is 4.43. The summed E-state index contributed by atoms with van der Waals surface area (Å²) in [6.45, 7) is 2.81. The Morgan fingerprint density at radius 1 is 1.46 bits per heavy atom. The number of benzene rings is 1. The van der Waals surface area contributed by atoms with Gasteiger partial charge in [-0.25, -0.2) is 0 Å². The number of hydrogen-bond acceptors (Lipinski definition) is 2. The SMILES string of the molecule is CC1(c2ccccc2)N[C@@H](P)CO1. The Balaban J connectivity index is 2.26. The molecule has 0 spiro atoms. The summed E-state index contributed by atoms with van der Waals surface area (Å²) in [5.74, 6) is 0.352. The van der Waals surface area contributed by atoms with Crippen molar-refractivity contribution in [1.29, 1.82) is 0 Å². The fraction of sp³-hybridized carbons (Fsp3) is 0.400. The molecule has 2 rings (SSSR count). The summed E-state index contributed by atoms with van der Waals surface area (Å²) in [5, 5.41) is 3.39. The minimum absolute atomic E-state index is 0.312. The van der Waals surface area contributed by atoms with E-state index in [1.807, 2.05) is 18.2 Å². The first-order chi connectivity index (χ1) is 6.21. The number of nitrogens with one attached hydrogen (secondary N) is 1. The lowest BCUT2D eigenvalue weighted by Crippen LogP contribution is -2.36. The zero-order chi connectivity index (χ0) is 9.31. The van der Waals surface area contributed by atoms with Gasteiger partial charge in [-0.1, -0.05) is 30.3 Å². The third-order valence-electron chi connectivity index (χ3n) is 2.34. The summed E-state index contributed by atoms with van der Waals surface area (Å²) in [7, 11) is 2.73. The van der Waals surface area contributed by atoms with E-state index in [2.05, 4.69) is 33.6 Å². The van der Waals surface area contributed by atoms with Crippen molar-refractivity contribution in [2.24, 2.45) is 0 Å². The highest BCUT2D eigenvalue weighted by atomic mass is 31.0. The topological polar surface area (TPSA) is 21.3 Å². The Morgan fingerprint density at radius 3 is 2.69 bits per heavy atom. The van der Waals surface area contributed by atoms with E-state index >= 15 is 0 Å². The van der Waals surface area contributed by atoms with Crippen LogP contribution in [0.15, 0.2) is 30.3 Å². The quantitative estimate of drug-likeness (QED) is 0.688. The molecule has 1 aromatic rings. The van der Waals surface area contributed by atoms with Crippen LogP contribution >= 0.6 is 9.24 Å². The first kappa shape index (κ1) is 9.14. The van der Waals surface area contributed by atoms with E-state index < -0.39 is 0 Å². The minimum atomic E-state index is -0.312. The van der Waals surface area contributed by atoms with Crippen molar-refractivity contribution in [2.45, 2.75) is 18.4 Å². The van der Waals surface area contributed by atoms with Crippen LogP contribution in [0.25, 0.3) is 0 Å². The zero-order valence-electron chi connectivity index (χ0n) is 7.66. The van der Waals surface area contributed by atoms with Gasteiger partial charge in [0.1, 0.15) is 5.72 Å². The van der Waals surface area contributed by atoms with Gasteiger partial charge in [0.15, 0.2) is 0 Å². The van der Waals surface area contributed by atoms with Gasteiger partial charge in [-0.3, -0.25) is 5.32 Å². The third kappa shape index (κ3) is 1.76. The third-order valence-corrected chi connectivity index (χ3v) is 2.70. The van der Waals surface area contributed by atoms with Gasteiger partial charge in [0.25, 0.3) is 0 Å². The maximum atomic E-state index is 5.71. The van der Waals surface area contributed by atoms with Crippen LogP contribution in [0.4, 0.5) is 0 Å². The smallest absolute Gasteiger partial charge is 0.143 e. The van der Waals surface area contributed by atoms with Crippen molar-refractivity contribution in [3.63, 3.8) is 0 Å². The second-order valence-electron chi connectivity index (χ2n) is 3.46. The lowest BCUT2D eigenvalue weighted by molar-refractivity contribution is 0.00244. The molecule has 1 heterocycles. The molecule has 1 aliphatic rings. The minimum Gasteiger partial charge on any atom is -0.355 e. The van der Waals surface area contributed by atoms with Crippen molar-refractivity contribution in [3.8, 4) is 0 Å².